The molecule has 0 saturated heterocycles. The number of halogens is 1. The van der Waals surface area contributed by atoms with Crippen molar-refractivity contribution in [1.29, 1.82) is 0 Å². The largest absolute Gasteiger partial charge is 0.384 e. The molecular weight excluding hydrogens is 205 g/mol. The normalized spacial score (nSPS) is 14.1. The zero-order valence-corrected chi connectivity index (χ0v) is 8.76. The van der Waals surface area contributed by atoms with Gasteiger partial charge in [0.05, 0.1) is 6.20 Å². The van der Waals surface area contributed by atoms with E-state index >= 15 is 0 Å². The Labute approximate surface area is 92.5 Å². The Balaban J connectivity index is 2.20. The number of H-pyrrole nitrogens is 1. The number of nitrogens with one attached hydrogen (secondary N) is 1. The van der Waals surface area contributed by atoms with Crippen LogP contribution in [-0.2, 0) is 12.8 Å². The highest BCUT2D eigenvalue weighted by Gasteiger charge is 2.19. The van der Waals surface area contributed by atoms with Crippen molar-refractivity contribution < 1.29 is 4.39 Å². The zero-order valence-electron chi connectivity index (χ0n) is 8.76. The predicted molar refractivity (Wildman–Crippen MR) is 60.4 cm³/mol. The van der Waals surface area contributed by atoms with Crippen LogP contribution in [0.2, 0.25) is 0 Å². The maximum atomic E-state index is 14.2. The van der Waals surface area contributed by atoms with E-state index in [1.807, 2.05) is 6.07 Å². The Bertz CT molecular complexity index is 545. The summed E-state index contributed by atoms with van der Waals surface area (Å²) >= 11 is 0. The third-order valence-corrected chi connectivity index (χ3v) is 3.17. The molecule has 0 saturated carbocycles. The maximum Gasteiger partial charge on any atom is 0.134 e. The molecule has 1 heterocycles. The number of hydrogen-bond donors (Lipinski definition) is 2. The second-order valence-electron chi connectivity index (χ2n) is 4.12. The van der Waals surface area contributed by atoms with Gasteiger partial charge in [-0.25, -0.2) is 4.39 Å². The number of aryl methyl sites for hydroxylation is 1. The van der Waals surface area contributed by atoms with Crippen LogP contribution >= 0.6 is 0 Å². The average Bonchev–Trinajstić information content (AvgIpc) is 2.88. The summed E-state index contributed by atoms with van der Waals surface area (Å²) in [6, 6.07) is 3.79. The first kappa shape index (κ1) is 9.39. The lowest BCUT2D eigenvalue weighted by Crippen LogP contribution is -1.95. The average molecular weight is 217 g/mol. The van der Waals surface area contributed by atoms with Crippen molar-refractivity contribution in [1.82, 2.24) is 10.2 Å². The van der Waals surface area contributed by atoms with Crippen LogP contribution in [0, 0.1) is 5.82 Å². The minimum atomic E-state index is -0.136. The standard InChI is InChI=1S/C12H12FN3/c13-11-8-3-1-2-7(8)4-5-9(11)10-6-15-16-12(10)14/h4-6H,1-3H2,(H3,14,15,16). The Hall–Kier alpha value is -1.84. The van der Waals surface area contributed by atoms with Gasteiger partial charge in [-0.15, -0.1) is 0 Å². The summed E-state index contributed by atoms with van der Waals surface area (Å²) in [4.78, 5) is 0. The molecule has 4 heteroatoms. The summed E-state index contributed by atoms with van der Waals surface area (Å²) in [7, 11) is 0. The van der Waals surface area contributed by atoms with Gasteiger partial charge in [0.15, 0.2) is 0 Å². The number of benzene rings is 1. The van der Waals surface area contributed by atoms with E-state index in [1.165, 1.54) is 0 Å². The Morgan fingerprint density at radius 2 is 2.12 bits per heavy atom. The fourth-order valence-corrected chi connectivity index (χ4v) is 2.34. The van der Waals surface area contributed by atoms with Crippen LogP contribution in [0.1, 0.15) is 17.5 Å². The molecule has 0 aliphatic heterocycles. The third-order valence-electron chi connectivity index (χ3n) is 3.17. The molecule has 3 N–H and O–H groups in total. The van der Waals surface area contributed by atoms with E-state index in [4.69, 9.17) is 5.73 Å². The van der Waals surface area contributed by atoms with Crippen LogP contribution in [-0.4, -0.2) is 10.2 Å². The van der Waals surface area contributed by atoms with Crippen molar-refractivity contribution >= 4 is 5.82 Å². The number of aromatic amines is 1. The van der Waals surface area contributed by atoms with Crippen molar-refractivity contribution in [2.75, 3.05) is 5.73 Å². The number of anilines is 1. The second-order valence-corrected chi connectivity index (χ2v) is 4.12. The molecule has 3 rings (SSSR count). The fraction of sp³-hybridized carbons (Fsp3) is 0.250. The van der Waals surface area contributed by atoms with E-state index in [-0.39, 0.29) is 5.82 Å². The summed E-state index contributed by atoms with van der Waals surface area (Å²) in [5, 5.41) is 6.44. The summed E-state index contributed by atoms with van der Waals surface area (Å²) < 4.78 is 14.2. The molecular formula is C12H12FN3. The van der Waals surface area contributed by atoms with E-state index < -0.39 is 0 Å². The minimum Gasteiger partial charge on any atom is -0.384 e. The second kappa shape index (κ2) is 3.33. The number of nitrogens with two attached hydrogens (primary N) is 1. The summed E-state index contributed by atoms with van der Waals surface area (Å²) in [6.07, 6.45) is 4.41. The number of nitrogen functional groups attached to an aromatic ring is 1. The van der Waals surface area contributed by atoms with Gasteiger partial charge in [-0.3, -0.25) is 5.10 Å². The predicted octanol–water partition coefficient (Wildman–Crippen LogP) is 2.29. The molecule has 0 radical (unpaired) electrons. The van der Waals surface area contributed by atoms with Gasteiger partial charge in [0.2, 0.25) is 0 Å². The first-order valence-electron chi connectivity index (χ1n) is 5.37. The SMILES string of the molecule is Nc1[nH]ncc1-c1ccc2c(c1F)CCC2. The highest BCUT2D eigenvalue weighted by atomic mass is 19.1. The Morgan fingerprint density at radius 3 is 2.88 bits per heavy atom. The molecule has 16 heavy (non-hydrogen) atoms. The smallest absolute Gasteiger partial charge is 0.134 e. The van der Waals surface area contributed by atoms with Gasteiger partial charge >= 0.3 is 0 Å². The highest BCUT2D eigenvalue weighted by Crippen LogP contribution is 2.33. The van der Waals surface area contributed by atoms with Gasteiger partial charge in [0, 0.05) is 11.1 Å². The molecule has 2 aromatic rings. The van der Waals surface area contributed by atoms with Crippen LogP contribution in [0.15, 0.2) is 18.3 Å². The molecule has 0 atom stereocenters. The fourth-order valence-electron chi connectivity index (χ4n) is 2.34. The summed E-state index contributed by atoms with van der Waals surface area (Å²) in [6.45, 7) is 0. The van der Waals surface area contributed by atoms with Gasteiger partial charge in [0.1, 0.15) is 11.6 Å². The van der Waals surface area contributed by atoms with Crippen molar-refractivity contribution in [3.63, 3.8) is 0 Å². The third kappa shape index (κ3) is 1.23. The molecule has 0 amide bonds. The van der Waals surface area contributed by atoms with E-state index in [0.29, 0.717) is 16.9 Å². The number of rotatable bonds is 1. The Morgan fingerprint density at radius 1 is 1.25 bits per heavy atom. The molecule has 1 aliphatic rings. The van der Waals surface area contributed by atoms with Crippen molar-refractivity contribution in [3.05, 3.63) is 35.3 Å². The molecule has 0 spiro atoms. The molecule has 1 aromatic heterocycles. The molecule has 0 fully saturated rings. The lowest BCUT2D eigenvalue weighted by molar-refractivity contribution is 0.616. The zero-order chi connectivity index (χ0) is 11.1. The lowest BCUT2D eigenvalue weighted by atomic mass is 10.0. The van der Waals surface area contributed by atoms with Crippen LogP contribution < -0.4 is 5.73 Å². The van der Waals surface area contributed by atoms with Crippen LogP contribution in [0.3, 0.4) is 0 Å². The summed E-state index contributed by atoms with van der Waals surface area (Å²) in [5.41, 5.74) is 8.87. The van der Waals surface area contributed by atoms with E-state index in [2.05, 4.69) is 10.2 Å². The molecule has 82 valence electrons. The topological polar surface area (TPSA) is 54.7 Å². The number of nitrogens with zero attached hydrogens (tertiary/aromatic N) is 1. The monoisotopic (exact) mass is 217 g/mol. The quantitative estimate of drug-likeness (QED) is 0.770. The number of aromatic nitrogens is 2. The Kier molecular flexibility index (Phi) is 1.96. The van der Waals surface area contributed by atoms with Crippen LogP contribution in [0.4, 0.5) is 10.2 Å². The molecule has 1 aliphatic carbocycles. The van der Waals surface area contributed by atoms with Crippen molar-refractivity contribution in [3.8, 4) is 11.1 Å². The summed E-state index contributed by atoms with van der Waals surface area (Å²) in [5.74, 6) is 0.278. The molecule has 0 unspecified atom stereocenters. The van der Waals surface area contributed by atoms with Gasteiger partial charge in [-0.2, -0.15) is 5.10 Å². The number of hydrogen-bond acceptors (Lipinski definition) is 2. The van der Waals surface area contributed by atoms with Gasteiger partial charge in [-0.05, 0) is 30.4 Å². The minimum absolute atomic E-state index is 0.136. The molecule has 1 aromatic carbocycles. The van der Waals surface area contributed by atoms with Crippen molar-refractivity contribution in [2.24, 2.45) is 0 Å². The number of fused-ring (bicyclic) bond motifs is 1. The van der Waals surface area contributed by atoms with Gasteiger partial charge < -0.3 is 5.73 Å². The first-order chi connectivity index (χ1) is 7.77. The lowest BCUT2D eigenvalue weighted by Gasteiger charge is -2.06. The van der Waals surface area contributed by atoms with E-state index in [1.54, 1.807) is 12.3 Å². The highest BCUT2D eigenvalue weighted by molar-refractivity contribution is 5.74. The van der Waals surface area contributed by atoms with Crippen LogP contribution in [0.25, 0.3) is 11.1 Å². The first-order valence-corrected chi connectivity index (χ1v) is 5.37. The maximum absolute atomic E-state index is 14.2. The van der Waals surface area contributed by atoms with E-state index in [9.17, 15) is 4.39 Å². The van der Waals surface area contributed by atoms with Gasteiger partial charge in [0.25, 0.3) is 0 Å². The molecule has 3 nitrogen and oxygen atoms in total. The van der Waals surface area contributed by atoms with Gasteiger partial charge in [-0.1, -0.05) is 12.1 Å². The molecule has 0 bridgehead atoms. The van der Waals surface area contributed by atoms with Crippen LogP contribution in [0.5, 0.6) is 0 Å². The van der Waals surface area contributed by atoms with Crippen molar-refractivity contribution in [2.45, 2.75) is 19.3 Å². The van der Waals surface area contributed by atoms with E-state index in [0.717, 1.165) is 30.4 Å².